The highest BCUT2D eigenvalue weighted by Crippen LogP contribution is 2.13. The zero-order valence-corrected chi connectivity index (χ0v) is 13.3. The minimum absolute atomic E-state index is 0.00148. The lowest BCUT2D eigenvalue weighted by molar-refractivity contribution is -0.121. The largest absolute Gasteiger partial charge is 0.353 e. The summed E-state index contributed by atoms with van der Waals surface area (Å²) in [5.41, 5.74) is 2.14. The Morgan fingerprint density at radius 1 is 1.33 bits per heavy atom. The lowest BCUT2D eigenvalue weighted by atomic mass is 10.1. The van der Waals surface area contributed by atoms with Gasteiger partial charge in [-0.3, -0.25) is 4.79 Å². The average molecular weight is 310 g/mol. The first-order chi connectivity index (χ1) is 9.84. The van der Waals surface area contributed by atoms with E-state index in [1.165, 1.54) is 10.6 Å². The first kappa shape index (κ1) is 16.0. The normalized spacial score (nSPS) is 17.6. The Bertz CT molecular complexity index is 605. The number of carbonyl (C=O) groups excluding carboxylic acids is 1. The van der Waals surface area contributed by atoms with Crippen molar-refractivity contribution in [2.24, 2.45) is 0 Å². The van der Waals surface area contributed by atoms with E-state index >= 15 is 0 Å². The molecule has 0 unspecified atom stereocenters. The number of amides is 1. The monoisotopic (exact) mass is 310 g/mol. The van der Waals surface area contributed by atoms with Gasteiger partial charge in [0, 0.05) is 19.1 Å². The van der Waals surface area contributed by atoms with Crippen molar-refractivity contribution in [1.82, 2.24) is 9.62 Å². The van der Waals surface area contributed by atoms with Crippen LogP contribution in [0.4, 0.5) is 0 Å². The Morgan fingerprint density at radius 2 is 2.00 bits per heavy atom. The first-order valence-corrected chi connectivity index (χ1v) is 8.99. The van der Waals surface area contributed by atoms with Crippen LogP contribution >= 0.6 is 0 Å². The molecule has 1 N–H and O–H groups in total. The van der Waals surface area contributed by atoms with E-state index in [2.05, 4.69) is 5.32 Å². The Kier molecular flexibility index (Phi) is 5.00. The smallest absolute Gasteiger partial charge is 0.224 e. The molecule has 1 saturated heterocycles. The van der Waals surface area contributed by atoms with E-state index in [0.29, 0.717) is 32.4 Å². The van der Waals surface area contributed by atoms with E-state index in [0.717, 1.165) is 11.1 Å². The molecule has 0 radical (unpaired) electrons. The maximum absolute atomic E-state index is 12.0. The number of hydrogen-bond acceptors (Lipinski definition) is 3. The van der Waals surface area contributed by atoms with Crippen molar-refractivity contribution >= 4 is 15.9 Å². The van der Waals surface area contributed by atoms with Gasteiger partial charge in [-0.1, -0.05) is 29.8 Å². The van der Waals surface area contributed by atoms with Gasteiger partial charge in [0.15, 0.2) is 0 Å². The van der Waals surface area contributed by atoms with Crippen LogP contribution in [0.25, 0.3) is 0 Å². The van der Waals surface area contributed by atoms with Crippen LogP contribution in [-0.4, -0.2) is 44.0 Å². The van der Waals surface area contributed by atoms with Crippen LogP contribution < -0.4 is 5.32 Å². The second kappa shape index (κ2) is 6.58. The summed E-state index contributed by atoms with van der Waals surface area (Å²) in [6.45, 7) is 2.96. The lowest BCUT2D eigenvalue weighted by Crippen LogP contribution is -2.46. The fourth-order valence-corrected chi connectivity index (χ4v) is 3.49. The van der Waals surface area contributed by atoms with Crippen LogP contribution in [0.5, 0.6) is 0 Å². The number of nitrogens with zero attached hydrogens (tertiary/aromatic N) is 1. The summed E-state index contributed by atoms with van der Waals surface area (Å²) in [5, 5.41) is 3.00. The predicted octanol–water partition coefficient (Wildman–Crippen LogP) is 1.08. The third kappa shape index (κ3) is 4.82. The summed E-state index contributed by atoms with van der Waals surface area (Å²) in [4.78, 5) is 12.0. The molecule has 116 valence electrons. The molecule has 2 rings (SSSR count). The van der Waals surface area contributed by atoms with Crippen molar-refractivity contribution < 1.29 is 13.2 Å². The van der Waals surface area contributed by atoms with Crippen LogP contribution in [-0.2, 0) is 21.2 Å². The number of aryl methyl sites for hydroxylation is 1. The quantitative estimate of drug-likeness (QED) is 0.905. The van der Waals surface area contributed by atoms with Gasteiger partial charge in [0.2, 0.25) is 15.9 Å². The van der Waals surface area contributed by atoms with E-state index in [4.69, 9.17) is 0 Å². The highest BCUT2D eigenvalue weighted by molar-refractivity contribution is 7.88. The minimum atomic E-state index is -3.11. The molecule has 1 aliphatic rings. The number of benzene rings is 1. The standard InChI is InChI=1S/C15H22N2O3S/c1-12-4-3-5-13(10-12)11-15(18)16-14-6-8-17(9-7-14)21(2,19)20/h3-5,10,14H,6-9,11H2,1-2H3,(H,16,18). The van der Waals surface area contributed by atoms with Crippen molar-refractivity contribution in [1.29, 1.82) is 0 Å². The molecule has 6 heteroatoms. The molecular formula is C15H22N2O3S. The summed E-state index contributed by atoms with van der Waals surface area (Å²) < 4.78 is 24.3. The topological polar surface area (TPSA) is 66.5 Å². The summed E-state index contributed by atoms with van der Waals surface area (Å²) in [6.07, 6.45) is 2.94. The molecule has 1 aromatic carbocycles. The van der Waals surface area contributed by atoms with Gasteiger partial charge >= 0.3 is 0 Å². The lowest BCUT2D eigenvalue weighted by Gasteiger charge is -2.30. The highest BCUT2D eigenvalue weighted by Gasteiger charge is 2.25. The van der Waals surface area contributed by atoms with Crippen LogP contribution in [0.1, 0.15) is 24.0 Å². The second-order valence-corrected chi connectivity index (χ2v) is 7.65. The fraction of sp³-hybridized carbons (Fsp3) is 0.533. The second-order valence-electron chi connectivity index (χ2n) is 5.67. The summed E-state index contributed by atoms with van der Waals surface area (Å²) in [7, 11) is -3.11. The maximum Gasteiger partial charge on any atom is 0.224 e. The van der Waals surface area contributed by atoms with Gasteiger partial charge < -0.3 is 5.32 Å². The number of sulfonamides is 1. The Labute approximate surface area is 126 Å². The molecule has 0 bridgehead atoms. The van der Waals surface area contributed by atoms with Gasteiger partial charge in [-0.05, 0) is 25.3 Å². The fourth-order valence-electron chi connectivity index (χ4n) is 2.62. The molecule has 0 aromatic heterocycles. The number of nitrogens with one attached hydrogen (secondary N) is 1. The summed E-state index contributed by atoms with van der Waals surface area (Å²) >= 11 is 0. The van der Waals surface area contributed by atoms with Gasteiger partial charge in [-0.25, -0.2) is 12.7 Å². The SMILES string of the molecule is Cc1cccc(CC(=O)NC2CCN(S(C)(=O)=O)CC2)c1. The molecule has 1 aromatic rings. The Balaban J connectivity index is 1.82. The van der Waals surface area contributed by atoms with Gasteiger partial charge in [-0.2, -0.15) is 0 Å². The average Bonchev–Trinajstić information content (AvgIpc) is 2.38. The zero-order chi connectivity index (χ0) is 15.5. The van der Waals surface area contributed by atoms with Crippen LogP contribution in [0.2, 0.25) is 0 Å². The van der Waals surface area contributed by atoms with Crippen LogP contribution in [0.3, 0.4) is 0 Å². The molecular weight excluding hydrogens is 288 g/mol. The molecule has 0 spiro atoms. The molecule has 0 saturated carbocycles. The molecule has 1 heterocycles. The van der Waals surface area contributed by atoms with Gasteiger partial charge in [0.1, 0.15) is 0 Å². The number of rotatable bonds is 4. The summed E-state index contributed by atoms with van der Waals surface area (Å²) in [5.74, 6) is -0.00148. The third-order valence-electron chi connectivity index (χ3n) is 3.74. The van der Waals surface area contributed by atoms with E-state index in [9.17, 15) is 13.2 Å². The van der Waals surface area contributed by atoms with E-state index in [1.807, 2.05) is 31.2 Å². The molecule has 1 amide bonds. The van der Waals surface area contributed by atoms with E-state index in [1.54, 1.807) is 0 Å². The van der Waals surface area contributed by atoms with Crippen molar-refractivity contribution in [3.05, 3.63) is 35.4 Å². The number of carbonyl (C=O) groups is 1. The Morgan fingerprint density at radius 3 is 2.57 bits per heavy atom. The van der Waals surface area contributed by atoms with Crippen LogP contribution in [0, 0.1) is 6.92 Å². The third-order valence-corrected chi connectivity index (χ3v) is 5.04. The molecule has 5 nitrogen and oxygen atoms in total. The van der Waals surface area contributed by atoms with E-state index < -0.39 is 10.0 Å². The predicted molar refractivity (Wildman–Crippen MR) is 82.5 cm³/mol. The van der Waals surface area contributed by atoms with Crippen LogP contribution in [0.15, 0.2) is 24.3 Å². The summed E-state index contributed by atoms with van der Waals surface area (Å²) in [6, 6.07) is 7.97. The maximum atomic E-state index is 12.0. The van der Waals surface area contributed by atoms with Crippen molar-refractivity contribution in [3.63, 3.8) is 0 Å². The molecule has 0 aliphatic carbocycles. The molecule has 0 atom stereocenters. The number of piperidine rings is 1. The van der Waals surface area contributed by atoms with Crippen molar-refractivity contribution in [2.45, 2.75) is 32.2 Å². The first-order valence-electron chi connectivity index (χ1n) is 7.14. The minimum Gasteiger partial charge on any atom is -0.353 e. The van der Waals surface area contributed by atoms with Gasteiger partial charge in [0.05, 0.1) is 12.7 Å². The van der Waals surface area contributed by atoms with Gasteiger partial charge in [0.25, 0.3) is 0 Å². The Hall–Kier alpha value is -1.40. The van der Waals surface area contributed by atoms with Crippen molar-refractivity contribution in [3.8, 4) is 0 Å². The molecule has 21 heavy (non-hydrogen) atoms. The number of hydrogen-bond donors (Lipinski definition) is 1. The molecule has 1 aliphatic heterocycles. The molecule has 1 fully saturated rings. The van der Waals surface area contributed by atoms with Gasteiger partial charge in [-0.15, -0.1) is 0 Å². The van der Waals surface area contributed by atoms with E-state index in [-0.39, 0.29) is 11.9 Å². The van der Waals surface area contributed by atoms with Crippen molar-refractivity contribution in [2.75, 3.05) is 19.3 Å². The highest BCUT2D eigenvalue weighted by atomic mass is 32.2. The zero-order valence-electron chi connectivity index (χ0n) is 12.5.